The molecule has 0 radical (unpaired) electrons. The molecule has 2 rings (SSSR count). The van der Waals surface area contributed by atoms with Crippen molar-refractivity contribution in [3.63, 3.8) is 0 Å². The summed E-state index contributed by atoms with van der Waals surface area (Å²) in [5.41, 5.74) is 9.71. The number of nitrogens with zero attached hydrogens (tertiary/aromatic N) is 2. The highest BCUT2D eigenvalue weighted by Gasteiger charge is 2.06. The summed E-state index contributed by atoms with van der Waals surface area (Å²) in [5.74, 6) is 1.31. The van der Waals surface area contributed by atoms with Crippen molar-refractivity contribution >= 4 is 0 Å². The molecule has 4 nitrogen and oxygen atoms in total. The fourth-order valence-electron chi connectivity index (χ4n) is 1.73. The smallest absolute Gasteiger partial charge is 0.238 e. The van der Waals surface area contributed by atoms with Gasteiger partial charge in [-0.2, -0.15) is 5.10 Å². The molecule has 0 atom stereocenters. The van der Waals surface area contributed by atoms with Gasteiger partial charge in [0.15, 0.2) is 0 Å². The number of aryl methyl sites for hydroxylation is 2. The maximum absolute atomic E-state index is 5.76. The molecular formula is C14H17N3O. The lowest BCUT2D eigenvalue weighted by Gasteiger charge is -2.11. The highest BCUT2D eigenvalue weighted by molar-refractivity contribution is 5.43. The first-order chi connectivity index (χ1) is 8.60. The van der Waals surface area contributed by atoms with Crippen LogP contribution in [-0.4, -0.2) is 10.2 Å². The zero-order valence-corrected chi connectivity index (χ0v) is 10.9. The zero-order chi connectivity index (χ0) is 13.1. The summed E-state index contributed by atoms with van der Waals surface area (Å²) >= 11 is 0. The molecule has 4 heteroatoms. The van der Waals surface area contributed by atoms with Crippen molar-refractivity contribution in [2.45, 2.75) is 27.3 Å². The van der Waals surface area contributed by atoms with Crippen molar-refractivity contribution in [2.24, 2.45) is 5.73 Å². The van der Waals surface area contributed by atoms with E-state index >= 15 is 0 Å². The van der Waals surface area contributed by atoms with E-state index in [0.717, 1.165) is 17.0 Å². The van der Waals surface area contributed by atoms with Gasteiger partial charge in [-0.15, -0.1) is 5.10 Å². The Morgan fingerprint density at radius 1 is 1.11 bits per heavy atom. The quantitative estimate of drug-likeness (QED) is 0.900. The van der Waals surface area contributed by atoms with Crippen LogP contribution in [-0.2, 0) is 6.54 Å². The Kier molecular flexibility index (Phi) is 3.58. The number of rotatable bonds is 3. The summed E-state index contributed by atoms with van der Waals surface area (Å²) in [4.78, 5) is 0. The summed E-state index contributed by atoms with van der Waals surface area (Å²) in [6.07, 6.45) is 0. The lowest BCUT2D eigenvalue weighted by molar-refractivity contribution is 0.450. The van der Waals surface area contributed by atoms with Crippen molar-refractivity contribution < 1.29 is 4.74 Å². The Hall–Kier alpha value is -1.94. The number of ether oxygens (including phenoxy) is 1. The number of hydrogen-bond acceptors (Lipinski definition) is 4. The van der Waals surface area contributed by atoms with Crippen LogP contribution >= 0.6 is 0 Å². The van der Waals surface area contributed by atoms with Gasteiger partial charge in [-0.1, -0.05) is 6.07 Å². The number of aromatic nitrogens is 2. The van der Waals surface area contributed by atoms with Crippen molar-refractivity contribution in [1.82, 2.24) is 10.2 Å². The molecule has 1 aromatic heterocycles. The minimum Gasteiger partial charge on any atom is -0.437 e. The van der Waals surface area contributed by atoms with Crippen molar-refractivity contribution in [3.05, 3.63) is 46.6 Å². The molecule has 0 aliphatic rings. The first-order valence-corrected chi connectivity index (χ1v) is 5.88. The predicted molar refractivity (Wildman–Crippen MR) is 70.7 cm³/mol. The van der Waals surface area contributed by atoms with Crippen LogP contribution in [0.5, 0.6) is 11.6 Å². The first kappa shape index (κ1) is 12.5. The van der Waals surface area contributed by atoms with Gasteiger partial charge in [-0.05, 0) is 49.6 Å². The Bertz CT molecular complexity index is 550. The summed E-state index contributed by atoms with van der Waals surface area (Å²) in [5, 5.41) is 7.96. The van der Waals surface area contributed by atoms with E-state index in [1.54, 1.807) is 6.07 Å². The Morgan fingerprint density at radius 3 is 2.50 bits per heavy atom. The van der Waals surface area contributed by atoms with Gasteiger partial charge in [0.05, 0.1) is 5.69 Å². The zero-order valence-electron chi connectivity index (χ0n) is 10.9. The monoisotopic (exact) mass is 243 g/mol. The fraction of sp³-hybridized carbons (Fsp3) is 0.286. The van der Waals surface area contributed by atoms with Gasteiger partial charge in [0, 0.05) is 12.6 Å². The number of nitrogens with two attached hydrogens (primary N) is 1. The fourth-order valence-corrected chi connectivity index (χ4v) is 1.73. The van der Waals surface area contributed by atoms with E-state index < -0.39 is 0 Å². The van der Waals surface area contributed by atoms with Crippen LogP contribution in [0.15, 0.2) is 24.3 Å². The molecule has 0 saturated carbocycles. The lowest BCUT2D eigenvalue weighted by atomic mass is 10.1. The first-order valence-electron chi connectivity index (χ1n) is 5.88. The lowest BCUT2D eigenvalue weighted by Crippen LogP contribution is -2.01. The van der Waals surface area contributed by atoms with Crippen LogP contribution < -0.4 is 10.5 Å². The van der Waals surface area contributed by atoms with E-state index in [1.807, 2.05) is 26.0 Å². The average Bonchev–Trinajstić information content (AvgIpc) is 2.36. The maximum atomic E-state index is 5.76. The summed E-state index contributed by atoms with van der Waals surface area (Å²) < 4.78 is 5.76. The Labute approximate surface area is 107 Å². The van der Waals surface area contributed by atoms with Crippen molar-refractivity contribution in [3.8, 4) is 11.6 Å². The predicted octanol–water partition coefficient (Wildman–Crippen LogP) is 2.65. The molecule has 0 fully saturated rings. The third-order valence-electron chi connectivity index (χ3n) is 2.88. The highest BCUT2D eigenvalue weighted by atomic mass is 16.5. The van der Waals surface area contributed by atoms with Crippen LogP contribution in [0.1, 0.15) is 22.4 Å². The van der Waals surface area contributed by atoms with Crippen LogP contribution in [0.3, 0.4) is 0 Å². The summed E-state index contributed by atoms with van der Waals surface area (Å²) in [6, 6.07) is 7.73. The van der Waals surface area contributed by atoms with Crippen LogP contribution in [0.25, 0.3) is 0 Å². The van der Waals surface area contributed by atoms with Gasteiger partial charge in [0.1, 0.15) is 5.75 Å². The molecule has 1 heterocycles. The molecule has 0 amide bonds. The van der Waals surface area contributed by atoms with E-state index in [1.165, 1.54) is 11.1 Å². The van der Waals surface area contributed by atoms with E-state index in [2.05, 4.69) is 23.2 Å². The second kappa shape index (κ2) is 5.14. The largest absolute Gasteiger partial charge is 0.437 e. The van der Waals surface area contributed by atoms with Gasteiger partial charge in [0.25, 0.3) is 0 Å². The molecule has 0 unspecified atom stereocenters. The van der Waals surface area contributed by atoms with Gasteiger partial charge < -0.3 is 10.5 Å². The van der Waals surface area contributed by atoms with Crippen molar-refractivity contribution in [1.29, 1.82) is 0 Å². The number of hydrogen-bond donors (Lipinski definition) is 1. The second-order valence-corrected chi connectivity index (χ2v) is 4.37. The maximum Gasteiger partial charge on any atom is 0.238 e. The van der Waals surface area contributed by atoms with Gasteiger partial charge >= 0.3 is 0 Å². The van der Waals surface area contributed by atoms with Crippen LogP contribution in [0.4, 0.5) is 0 Å². The summed E-state index contributed by atoms with van der Waals surface area (Å²) in [7, 11) is 0. The van der Waals surface area contributed by atoms with E-state index in [4.69, 9.17) is 10.5 Å². The van der Waals surface area contributed by atoms with Gasteiger partial charge in [-0.3, -0.25) is 0 Å². The molecule has 0 saturated heterocycles. The molecular weight excluding hydrogens is 226 g/mol. The standard InChI is InChI=1S/C14H17N3O/c1-9-6-10(2)11(3)13(7-9)18-14-5-4-12(8-15)16-17-14/h4-7H,8,15H2,1-3H3. The van der Waals surface area contributed by atoms with Crippen LogP contribution in [0.2, 0.25) is 0 Å². The Balaban J connectivity index is 2.27. The van der Waals surface area contributed by atoms with E-state index in [0.29, 0.717) is 12.4 Å². The molecule has 2 N–H and O–H groups in total. The molecule has 18 heavy (non-hydrogen) atoms. The van der Waals surface area contributed by atoms with Crippen LogP contribution in [0, 0.1) is 20.8 Å². The van der Waals surface area contributed by atoms with Gasteiger partial charge in [0.2, 0.25) is 5.88 Å². The molecule has 1 aromatic carbocycles. The summed E-state index contributed by atoms with van der Waals surface area (Å²) in [6.45, 7) is 6.53. The van der Waals surface area contributed by atoms with E-state index in [-0.39, 0.29) is 0 Å². The second-order valence-electron chi connectivity index (χ2n) is 4.37. The molecule has 0 aliphatic heterocycles. The topological polar surface area (TPSA) is 61.0 Å². The molecule has 0 aliphatic carbocycles. The number of benzene rings is 1. The normalized spacial score (nSPS) is 10.4. The average molecular weight is 243 g/mol. The third kappa shape index (κ3) is 2.65. The molecule has 0 bridgehead atoms. The minimum atomic E-state index is 0.385. The van der Waals surface area contributed by atoms with Gasteiger partial charge in [-0.25, -0.2) is 0 Å². The Morgan fingerprint density at radius 2 is 1.89 bits per heavy atom. The van der Waals surface area contributed by atoms with E-state index in [9.17, 15) is 0 Å². The minimum absolute atomic E-state index is 0.385. The molecule has 94 valence electrons. The molecule has 2 aromatic rings. The molecule has 0 spiro atoms. The third-order valence-corrected chi connectivity index (χ3v) is 2.88. The van der Waals surface area contributed by atoms with Crippen molar-refractivity contribution in [2.75, 3.05) is 0 Å². The SMILES string of the molecule is Cc1cc(C)c(C)c(Oc2ccc(CN)nn2)c1. The highest BCUT2D eigenvalue weighted by Crippen LogP contribution is 2.27.